The van der Waals surface area contributed by atoms with E-state index in [1.54, 1.807) is 44.1 Å². The van der Waals surface area contributed by atoms with Gasteiger partial charge in [0.05, 0.1) is 30.7 Å². The zero-order valence-corrected chi connectivity index (χ0v) is 12.1. The molecule has 2 heterocycles. The summed E-state index contributed by atoms with van der Waals surface area (Å²) in [5.74, 6) is 1.53. The fraction of sp³-hybridized carbons (Fsp3) is 0.417. The van der Waals surface area contributed by atoms with Crippen molar-refractivity contribution in [1.82, 2.24) is 25.2 Å². The van der Waals surface area contributed by atoms with Crippen LogP contribution < -0.4 is 0 Å². The highest BCUT2D eigenvalue weighted by Crippen LogP contribution is 2.17. The van der Waals surface area contributed by atoms with Gasteiger partial charge in [-0.05, 0) is 24.3 Å². The number of esters is 1. The number of hydrogen-bond donors (Lipinski definition) is 0. The maximum absolute atomic E-state index is 11.8. The van der Waals surface area contributed by atoms with Crippen molar-refractivity contribution in [3.05, 3.63) is 35.4 Å². The van der Waals surface area contributed by atoms with Crippen molar-refractivity contribution >= 4 is 17.7 Å². The Hall–Kier alpha value is -1.96. The van der Waals surface area contributed by atoms with Crippen LogP contribution in [0.25, 0.3) is 0 Å². The highest BCUT2D eigenvalue weighted by atomic mass is 32.2. The standard InChI is InChI=1S/C12H15N5O2S/c1-3-19-12(18)9-5-4-6-13-10(9)7-20-8-11-14-16-17(2)15-11/h4-6H,3,7-8H2,1-2H3. The van der Waals surface area contributed by atoms with Gasteiger partial charge in [0, 0.05) is 11.9 Å². The van der Waals surface area contributed by atoms with Gasteiger partial charge in [-0.1, -0.05) is 0 Å². The molecule has 2 aromatic rings. The molecule has 2 rings (SSSR count). The van der Waals surface area contributed by atoms with Crippen LogP contribution in [0.15, 0.2) is 18.3 Å². The maximum atomic E-state index is 11.8. The quantitative estimate of drug-likeness (QED) is 0.740. The Balaban J connectivity index is 1.97. The first-order chi connectivity index (χ1) is 9.70. The number of aryl methyl sites for hydroxylation is 1. The third-order valence-corrected chi connectivity index (χ3v) is 3.35. The number of carbonyl (C=O) groups is 1. The van der Waals surface area contributed by atoms with Crippen LogP contribution in [0.1, 0.15) is 28.8 Å². The molecule has 2 aromatic heterocycles. The molecule has 0 aromatic carbocycles. The van der Waals surface area contributed by atoms with Crippen molar-refractivity contribution in [2.45, 2.75) is 18.4 Å². The lowest BCUT2D eigenvalue weighted by Crippen LogP contribution is -2.09. The van der Waals surface area contributed by atoms with Crippen LogP contribution in [0, 0.1) is 0 Å². The van der Waals surface area contributed by atoms with E-state index in [0.29, 0.717) is 35.2 Å². The second-order valence-corrected chi connectivity index (χ2v) is 4.89. The molecular formula is C12H15N5O2S. The van der Waals surface area contributed by atoms with Crippen molar-refractivity contribution in [3.8, 4) is 0 Å². The molecule has 0 spiro atoms. The molecule has 0 saturated carbocycles. The number of ether oxygens (including phenoxy) is 1. The first kappa shape index (κ1) is 14.4. The summed E-state index contributed by atoms with van der Waals surface area (Å²) in [6, 6.07) is 3.45. The van der Waals surface area contributed by atoms with Gasteiger partial charge >= 0.3 is 5.97 Å². The molecule has 0 aliphatic carbocycles. The van der Waals surface area contributed by atoms with Crippen LogP contribution >= 0.6 is 11.8 Å². The predicted octanol–water partition coefficient (Wildman–Crippen LogP) is 1.22. The minimum atomic E-state index is -0.339. The van der Waals surface area contributed by atoms with Gasteiger partial charge in [0.2, 0.25) is 0 Å². The van der Waals surface area contributed by atoms with E-state index in [9.17, 15) is 4.79 Å². The Kier molecular flexibility index (Phi) is 5.05. The molecule has 0 atom stereocenters. The molecule has 7 nitrogen and oxygen atoms in total. The Morgan fingerprint density at radius 2 is 2.30 bits per heavy atom. The van der Waals surface area contributed by atoms with Gasteiger partial charge in [0.25, 0.3) is 0 Å². The summed E-state index contributed by atoms with van der Waals surface area (Å²) < 4.78 is 5.01. The summed E-state index contributed by atoms with van der Waals surface area (Å²) >= 11 is 1.57. The van der Waals surface area contributed by atoms with Gasteiger partial charge in [-0.3, -0.25) is 4.98 Å². The zero-order valence-electron chi connectivity index (χ0n) is 11.3. The molecule has 0 bridgehead atoms. The maximum Gasteiger partial charge on any atom is 0.340 e. The molecule has 0 radical (unpaired) electrons. The Bertz CT molecular complexity index is 587. The van der Waals surface area contributed by atoms with E-state index in [0.717, 1.165) is 0 Å². The second-order valence-electron chi connectivity index (χ2n) is 3.91. The van der Waals surface area contributed by atoms with Gasteiger partial charge in [-0.15, -0.1) is 22.0 Å². The number of nitrogens with zero attached hydrogens (tertiary/aromatic N) is 5. The highest BCUT2D eigenvalue weighted by Gasteiger charge is 2.13. The van der Waals surface area contributed by atoms with Crippen molar-refractivity contribution in [1.29, 1.82) is 0 Å². The lowest BCUT2D eigenvalue weighted by molar-refractivity contribution is 0.0525. The van der Waals surface area contributed by atoms with Crippen LogP contribution in [-0.2, 0) is 23.3 Å². The molecule has 20 heavy (non-hydrogen) atoms. The van der Waals surface area contributed by atoms with Crippen LogP contribution in [0.3, 0.4) is 0 Å². The van der Waals surface area contributed by atoms with Gasteiger partial charge in [0.15, 0.2) is 5.82 Å². The van der Waals surface area contributed by atoms with Crippen molar-refractivity contribution in [2.75, 3.05) is 6.61 Å². The lowest BCUT2D eigenvalue weighted by Gasteiger charge is -2.06. The molecule has 0 N–H and O–H groups in total. The third-order valence-electron chi connectivity index (χ3n) is 2.41. The molecule has 8 heteroatoms. The summed E-state index contributed by atoms with van der Waals surface area (Å²) in [6.45, 7) is 2.13. The highest BCUT2D eigenvalue weighted by molar-refractivity contribution is 7.97. The third kappa shape index (κ3) is 3.77. The van der Waals surface area contributed by atoms with Crippen molar-refractivity contribution in [3.63, 3.8) is 0 Å². The average Bonchev–Trinajstić information content (AvgIpc) is 2.85. The molecule has 0 unspecified atom stereocenters. The molecule has 0 fully saturated rings. The number of aromatic nitrogens is 5. The van der Waals surface area contributed by atoms with Crippen LogP contribution in [-0.4, -0.2) is 37.8 Å². The minimum absolute atomic E-state index is 0.339. The van der Waals surface area contributed by atoms with Crippen molar-refractivity contribution in [2.24, 2.45) is 7.05 Å². The van der Waals surface area contributed by atoms with Gasteiger partial charge in [0.1, 0.15) is 0 Å². The first-order valence-electron chi connectivity index (χ1n) is 6.12. The van der Waals surface area contributed by atoms with Gasteiger partial charge in [-0.25, -0.2) is 4.79 Å². The average molecular weight is 293 g/mol. The van der Waals surface area contributed by atoms with E-state index in [4.69, 9.17) is 4.74 Å². The fourth-order valence-corrected chi connectivity index (χ4v) is 2.39. The topological polar surface area (TPSA) is 82.8 Å². The molecule has 0 amide bonds. The van der Waals surface area contributed by atoms with E-state index >= 15 is 0 Å². The number of pyridine rings is 1. The smallest absolute Gasteiger partial charge is 0.340 e. The minimum Gasteiger partial charge on any atom is -0.462 e. The number of hydrogen-bond acceptors (Lipinski definition) is 7. The zero-order chi connectivity index (χ0) is 14.4. The first-order valence-corrected chi connectivity index (χ1v) is 7.27. The number of carbonyl (C=O) groups excluding carboxylic acids is 1. The Morgan fingerprint density at radius 3 is 3.00 bits per heavy atom. The van der Waals surface area contributed by atoms with E-state index in [1.165, 1.54) is 4.80 Å². The van der Waals surface area contributed by atoms with E-state index in [2.05, 4.69) is 20.4 Å². The fourth-order valence-electron chi connectivity index (χ4n) is 1.57. The second kappa shape index (κ2) is 6.99. The Labute approximate surface area is 120 Å². The summed E-state index contributed by atoms with van der Waals surface area (Å²) in [6.07, 6.45) is 1.67. The van der Waals surface area contributed by atoms with E-state index in [1.807, 2.05) is 0 Å². The van der Waals surface area contributed by atoms with Crippen LogP contribution in [0.4, 0.5) is 0 Å². The van der Waals surface area contributed by atoms with Crippen molar-refractivity contribution < 1.29 is 9.53 Å². The number of rotatable bonds is 6. The van der Waals surface area contributed by atoms with Gasteiger partial charge in [-0.2, -0.15) is 4.80 Å². The molecule has 106 valence electrons. The van der Waals surface area contributed by atoms with E-state index < -0.39 is 0 Å². The number of tetrazole rings is 1. The molecular weight excluding hydrogens is 278 g/mol. The Morgan fingerprint density at radius 1 is 1.45 bits per heavy atom. The SMILES string of the molecule is CCOC(=O)c1cccnc1CSCc1nnn(C)n1. The predicted molar refractivity (Wildman–Crippen MR) is 74.0 cm³/mol. The summed E-state index contributed by atoms with van der Waals surface area (Å²) in [5.41, 5.74) is 1.22. The molecule has 0 aliphatic rings. The largest absolute Gasteiger partial charge is 0.462 e. The summed E-state index contributed by atoms with van der Waals surface area (Å²) in [7, 11) is 1.72. The molecule has 0 aliphatic heterocycles. The normalized spacial score (nSPS) is 10.5. The summed E-state index contributed by atoms with van der Waals surface area (Å²) in [5, 5.41) is 11.8. The van der Waals surface area contributed by atoms with Crippen LogP contribution in [0.5, 0.6) is 0 Å². The van der Waals surface area contributed by atoms with Crippen LogP contribution in [0.2, 0.25) is 0 Å². The lowest BCUT2D eigenvalue weighted by atomic mass is 10.2. The number of thioether (sulfide) groups is 1. The monoisotopic (exact) mass is 293 g/mol. The van der Waals surface area contributed by atoms with E-state index in [-0.39, 0.29) is 5.97 Å². The molecule has 0 saturated heterocycles. The summed E-state index contributed by atoms with van der Waals surface area (Å²) in [4.78, 5) is 17.4. The van der Waals surface area contributed by atoms with Gasteiger partial charge < -0.3 is 4.74 Å².